The molecule has 0 radical (unpaired) electrons. The van der Waals surface area contributed by atoms with Crippen LogP contribution in [0.1, 0.15) is 12.2 Å². The first-order valence-corrected chi connectivity index (χ1v) is 13.2. The Hall–Kier alpha value is -4.03. The van der Waals surface area contributed by atoms with Gasteiger partial charge in [0.15, 0.2) is 5.13 Å². The van der Waals surface area contributed by atoms with Crippen LogP contribution in [0.4, 0.5) is 5.13 Å². The largest absolute Gasteiger partial charge is 0.543 e. The number of carbonyl (C=O) groups excluding carboxylic acids is 4. The van der Waals surface area contributed by atoms with E-state index in [1.807, 2.05) is 7.05 Å². The minimum absolute atomic E-state index is 0.0140. The monoisotopic (exact) mass is 580 g/mol. The number of oxime groups is 1. The number of carboxylic acid groups (broad SMARTS) is 2. The Balaban J connectivity index is 1.51. The number of quaternary nitrogens is 1. The number of nitrogens with zero attached hydrogens (tertiary/aromatic N) is 5. The van der Waals surface area contributed by atoms with Crippen LogP contribution in [0.25, 0.3) is 0 Å². The lowest BCUT2D eigenvalue weighted by atomic mass is 10.0. The summed E-state index contributed by atoms with van der Waals surface area (Å²) in [7, 11) is 1.92. The van der Waals surface area contributed by atoms with E-state index >= 15 is 0 Å². The summed E-state index contributed by atoms with van der Waals surface area (Å²) < 4.78 is 4.28. The SMILES string of the molecule is C[N+]1(CC2=C(C(=O)[O-])N3C(=O)[C@@H](NC(=O)/C(=N\OCC(=O)O)c4nsc(N)n4)[C@H]3SC2)CC=C(C(N)=O)CC1. The molecule has 0 aromatic carbocycles. The van der Waals surface area contributed by atoms with Gasteiger partial charge in [-0.25, -0.2) is 4.79 Å². The smallest absolute Gasteiger partial charge is 0.344 e. The number of rotatable bonds is 10. The van der Waals surface area contributed by atoms with Crippen LogP contribution in [-0.2, 0) is 28.8 Å². The number of carboxylic acids is 2. The van der Waals surface area contributed by atoms with E-state index in [0.29, 0.717) is 41.7 Å². The molecular formula is C21H24N8O8S2. The van der Waals surface area contributed by atoms with Gasteiger partial charge in [-0.15, -0.1) is 11.8 Å². The Labute approximate surface area is 229 Å². The fourth-order valence-electron chi connectivity index (χ4n) is 4.41. The molecule has 4 heterocycles. The van der Waals surface area contributed by atoms with E-state index in [1.165, 1.54) is 11.8 Å². The third-order valence-corrected chi connectivity index (χ3v) is 8.21. The molecule has 0 aliphatic carbocycles. The normalized spacial score (nSPS) is 24.8. The number of β-lactam (4-membered cyclic amide) rings is 1. The van der Waals surface area contributed by atoms with Crippen LogP contribution in [0.5, 0.6) is 0 Å². The van der Waals surface area contributed by atoms with E-state index in [9.17, 15) is 29.1 Å². The number of amides is 3. The Bertz CT molecular complexity index is 1340. The van der Waals surface area contributed by atoms with Crippen molar-refractivity contribution in [2.24, 2.45) is 10.9 Å². The molecule has 3 atom stereocenters. The average molecular weight is 581 g/mol. The maximum Gasteiger partial charge on any atom is 0.344 e. The predicted molar refractivity (Wildman–Crippen MR) is 134 cm³/mol. The van der Waals surface area contributed by atoms with Crippen molar-refractivity contribution >= 4 is 63.8 Å². The fraction of sp³-hybridized carbons (Fsp3) is 0.429. The zero-order valence-electron chi connectivity index (χ0n) is 20.5. The molecule has 1 saturated heterocycles. The molecule has 1 fully saturated rings. The van der Waals surface area contributed by atoms with E-state index in [-0.39, 0.29) is 22.4 Å². The van der Waals surface area contributed by atoms with E-state index < -0.39 is 53.4 Å². The molecule has 208 valence electrons. The summed E-state index contributed by atoms with van der Waals surface area (Å²) in [5, 5.41) is 26.2. The second-order valence-electron chi connectivity index (χ2n) is 9.19. The number of primary amides is 1. The second kappa shape index (κ2) is 11.0. The van der Waals surface area contributed by atoms with Crippen LogP contribution in [-0.4, -0.2) is 110 Å². The summed E-state index contributed by atoms with van der Waals surface area (Å²) in [6.45, 7) is 0.482. The fourth-order valence-corrected chi connectivity index (χ4v) is 6.18. The summed E-state index contributed by atoms with van der Waals surface area (Å²) >= 11 is 2.03. The van der Waals surface area contributed by atoms with Crippen LogP contribution in [0.3, 0.4) is 0 Å². The summed E-state index contributed by atoms with van der Waals surface area (Å²) in [6.07, 6.45) is 2.19. The van der Waals surface area contributed by atoms with Crippen molar-refractivity contribution in [3.05, 3.63) is 28.7 Å². The van der Waals surface area contributed by atoms with Gasteiger partial charge in [0.2, 0.25) is 24.1 Å². The van der Waals surface area contributed by atoms with E-state index in [0.717, 1.165) is 16.4 Å². The number of nitrogen functional groups attached to an aromatic ring is 1. The molecule has 3 aliphatic rings. The maximum atomic E-state index is 13.1. The number of fused-ring (bicyclic) bond motifs is 1. The lowest BCUT2D eigenvalue weighted by Crippen LogP contribution is -2.72. The van der Waals surface area contributed by atoms with Crippen LogP contribution < -0.4 is 21.9 Å². The van der Waals surface area contributed by atoms with Gasteiger partial charge in [-0.1, -0.05) is 5.16 Å². The van der Waals surface area contributed by atoms with E-state index in [2.05, 4.69) is 24.7 Å². The van der Waals surface area contributed by atoms with Crippen molar-refractivity contribution in [1.29, 1.82) is 0 Å². The molecule has 0 saturated carbocycles. The molecule has 3 aliphatic heterocycles. The number of aromatic nitrogens is 2. The lowest BCUT2D eigenvalue weighted by molar-refractivity contribution is -0.900. The second-order valence-corrected chi connectivity index (χ2v) is 11.1. The highest BCUT2D eigenvalue weighted by Gasteiger charge is 2.53. The van der Waals surface area contributed by atoms with E-state index in [4.69, 9.17) is 16.6 Å². The van der Waals surface area contributed by atoms with Crippen LogP contribution >= 0.6 is 23.3 Å². The minimum atomic E-state index is -1.52. The lowest BCUT2D eigenvalue weighted by Gasteiger charge is -2.51. The highest BCUT2D eigenvalue weighted by molar-refractivity contribution is 8.00. The molecule has 4 rings (SSSR count). The Morgan fingerprint density at radius 3 is 2.69 bits per heavy atom. The van der Waals surface area contributed by atoms with Gasteiger partial charge < -0.3 is 41.1 Å². The van der Waals surface area contributed by atoms with Gasteiger partial charge in [-0.05, 0) is 6.08 Å². The first-order valence-electron chi connectivity index (χ1n) is 11.4. The number of nitrogens with one attached hydrogen (secondary N) is 1. The first-order chi connectivity index (χ1) is 18.4. The van der Waals surface area contributed by atoms with Gasteiger partial charge in [0.25, 0.3) is 11.8 Å². The number of nitrogens with two attached hydrogens (primary N) is 2. The average Bonchev–Trinajstić information content (AvgIpc) is 3.30. The zero-order valence-corrected chi connectivity index (χ0v) is 22.1. The quantitative estimate of drug-likeness (QED) is 0.0915. The van der Waals surface area contributed by atoms with Crippen LogP contribution in [0.15, 0.2) is 28.1 Å². The van der Waals surface area contributed by atoms with Crippen LogP contribution in [0.2, 0.25) is 0 Å². The first kappa shape index (κ1) is 28.0. The van der Waals surface area contributed by atoms with Gasteiger partial charge in [0.05, 0.1) is 31.8 Å². The van der Waals surface area contributed by atoms with Crippen molar-refractivity contribution in [3.8, 4) is 0 Å². The molecule has 1 aromatic heterocycles. The number of thioether (sulfide) groups is 1. The summed E-state index contributed by atoms with van der Waals surface area (Å²) in [5.41, 5.74) is 11.2. The number of hydrogen-bond acceptors (Lipinski definition) is 13. The highest BCUT2D eigenvalue weighted by atomic mass is 32.2. The molecule has 3 amide bonds. The summed E-state index contributed by atoms with van der Waals surface area (Å²) in [5.74, 6) is -4.92. The number of likely N-dealkylation sites (N-methyl/N-ethyl adjacent to an activating group) is 1. The van der Waals surface area contributed by atoms with Crippen molar-refractivity contribution in [2.45, 2.75) is 17.8 Å². The maximum absolute atomic E-state index is 13.1. The number of anilines is 1. The Morgan fingerprint density at radius 2 is 2.13 bits per heavy atom. The molecule has 1 unspecified atom stereocenters. The third-order valence-electron chi connectivity index (χ3n) is 6.33. The van der Waals surface area contributed by atoms with Gasteiger partial charge in [-0.2, -0.15) is 9.36 Å². The summed E-state index contributed by atoms with van der Waals surface area (Å²) in [4.78, 5) is 69.9. The Morgan fingerprint density at radius 1 is 1.38 bits per heavy atom. The molecule has 6 N–H and O–H groups in total. The van der Waals surface area contributed by atoms with Gasteiger partial charge in [-0.3, -0.25) is 19.3 Å². The molecule has 18 heteroatoms. The number of aliphatic carboxylic acids is 2. The van der Waals surface area contributed by atoms with Gasteiger partial charge in [0, 0.05) is 34.9 Å². The Kier molecular flexibility index (Phi) is 7.89. The predicted octanol–water partition coefficient (Wildman–Crippen LogP) is -3.41. The topological polar surface area (TPSA) is 243 Å². The van der Waals surface area contributed by atoms with Crippen LogP contribution in [0, 0.1) is 0 Å². The third kappa shape index (κ3) is 5.86. The van der Waals surface area contributed by atoms with Crippen molar-refractivity contribution < 1.29 is 43.5 Å². The zero-order chi connectivity index (χ0) is 28.5. The van der Waals surface area contributed by atoms with Crippen molar-refractivity contribution in [3.63, 3.8) is 0 Å². The highest BCUT2D eigenvalue weighted by Crippen LogP contribution is 2.41. The van der Waals surface area contributed by atoms with Gasteiger partial charge >= 0.3 is 5.97 Å². The van der Waals surface area contributed by atoms with Crippen molar-refractivity contribution in [1.82, 2.24) is 19.6 Å². The molecule has 0 spiro atoms. The standard InChI is InChI=1S/C21H24N8O8S2/c1-29(4-2-9(3-5-29)15(22)32)6-10-8-38-19-13(18(34)28(19)14(10)20(35)36)24-17(33)12(26-37-7-11(30)31)16-25-21(23)39-27-16/h2,13,19H,3-8H2,1H3,(H6-,22,23,24,25,27,30,31,32,33,35,36)/b26-12-/t13-,19-,29?/m1/s1. The number of hydrogen-bond donors (Lipinski definition) is 4. The minimum Gasteiger partial charge on any atom is -0.543 e. The number of carbonyl (C=O) groups is 5. The van der Waals surface area contributed by atoms with Gasteiger partial charge in [0.1, 0.15) is 18.0 Å². The molecule has 1 aromatic rings. The van der Waals surface area contributed by atoms with E-state index in [1.54, 1.807) is 6.08 Å². The summed E-state index contributed by atoms with van der Waals surface area (Å²) in [6, 6.07) is -1.11. The molecule has 39 heavy (non-hydrogen) atoms. The molecule has 16 nitrogen and oxygen atoms in total. The molecule has 0 bridgehead atoms. The molecular weight excluding hydrogens is 556 g/mol. The van der Waals surface area contributed by atoms with Crippen molar-refractivity contribution in [2.75, 3.05) is 44.8 Å².